The first-order chi connectivity index (χ1) is 9.96. The Morgan fingerprint density at radius 2 is 1.43 bits per heavy atom. The molecule has 4 heteroatoms. The molecule has 3 rings (SSSR count). The number of fused-ring (bicyclic) bond motifs is 3. The first kappa shape index (κ1) is 13.6. The summed E-state index contributed by atoms with van der Waals surface area (Å²) < 4.78 is 37.5. The lowest BCUT2D eigenvalue weighted by Crippen LogP contribution is -2.15. The molecule has 0 heterocycles. The second kappa shape index (κ2) is 4.88. The molecule has 3 aromatic carbocycles. The normalized spacial score (nSPS) is 12.0. The fraction of sp³-hybridized carbons (Fsp3) is 0.118. The second-order valence-corrected chi connectivity index (χ2v) is 4.91. The van der Waals surface area contributed by atoms with Crippen LogP contribution in [0.15, 0.2) is 54.6 Å². The number of halogens is 3. The Balaban J connectivity index is 2.28. The van der Waals surface area contributed by atoms with Crippen LogP contribution in [0.2, 0.25) is 0 Å². The highest BCUT2D eigenvalue weighted by Gasteiger charge is 2.32. The molecular weight excluding hydrogens is 277 g/mol. The Morgan fingerprint density at radius 1 is 0.857 bits per heavy atom. The first-order valence-electron chi connectivity index (χ1n) is 6.46. The number of benzene rings is 3. The fourth-order valence-corrected chi connectivity index (χ4v) is 2.56. The molecule has 21 heavy (non-hydrogen) atoms. The zero-order chi connectivity index (χ0) is 15.0. The van der Waals surface area contributed by atoms with E-state index in [-0.39, 0.29) is 5.56 Å². The van der Waals surface area contributed by atoms with Gasteiger partial charge in [0, 0.05) is 5.56 Å². The zero-order valence-corrected chi connectivity index (χ0v) is 10.9. The van der Waals surface area contributed by atoms with Crippen molar-refractivity contribution in [2.45, 2.75) is 12.6 Å². The van der Waals surface area contributed by atoms with E-state index in [2.05, 4.69) is 0 Å². The summed E-state index contributed by atoms with van der Waals surface area (Å²) in [5, 5.41) is 3.05. The topological polar surface area (TPSA) is 17.1 Å². The van der Waals surface area contributed by atoms with Gasteiger partial charge in [0.05, 0.1) is 0 Å². The van der Waals surface area contributed by atoms with Gasteiger partial charge in [-0.15, -0.1) is 0 Å². The van der Waals surface area contributed by atoms with Crippen LogP contribution in [0.25, 0.3) is 21.5 Å². The van der Waals surface area contributed by atoms with Gasteiger partial charge < -0.3 is 0 Å². The molecule has 3 aromatic rings. The quantitative estimate of drug-likeness (QED) is 0.472. The lowest BCUT2D eigenvalue weighted by atomic mass is 9.94. The van der Waals surface area contributed by atoms with Crippen molar-refractivity contribution in [1.29, 1.82) is 0 Å². The largest absolute Gasteiger partial charge is 0.396 e. The molecule has 0 aromatic heterocycles. The van der Waals surface area contributed by atoms with Crippen molar-refractivity contribution in [3.8, 4) is 0 Å². The predicted octanol–water partition coefficient (Wildman–Crippen LogP) is 5.13. The maximum absolute atomic E-state index is 12.5. The summed E-state index contributed by atoms with van der Waals surface area (Å²) in [5.74, 6) is -0.899. The SMILES string of the molecule is O=C(CC(F)(F)F)c1cc2ccccc2c2ccccc12. The van der Waals surface area contributed by atoms with Crippen molar-refractivity contribution in [2.24, 2.45) is 0 Å². The molecule has 0 saturated heterocycles. The molecule has 0 saturated carbocycles. The number of hydrogen-bond donors (Lipinski definition) is 0. The van der Waals surface area contributed by atoms with Gasteiger partial charge in [-0.1, -0.05) is 48.5 Å². The van der Waals surface area contributed by atoms with Gasteiger partial charge in [-0.3, -0.25) is 4.79 Å². The minimum absolute atomic E-state index is 0.127. The van der Waals surface area contributed by atoms with Crippen LogP contribution < -0.4 is 0 Å². The summed E-state index contributed by atoms with van der Waals surface area (Å²) in [5.41, 5.74) is 0.127. The van der Waals surface area contributed by atoms with Crippen LogP contribution in [0.5, 0.6) is 0 Å². The number of ketones is 1. The number of carbonyl (C=O) groups is 1. The van der Waals surface area contributed by atoms with Gasteiger partial charge in [0.2, 0.25) is 0 Å². The third kappa shape index (κ3) is 2.61. The standard InChI is InChI=1S/C17H11F3O/c18-17(19,20)10-16(21)15-9-11-5-1-2-6-12(11)13-7-3-4-8-14(13)15/h1-9H,10H2. The lowest BCUT2D eigenvalue weighted by Gasteiger charge is -2.11. The minimum Gasteiger partial charge on any atom is -0.294 e. The van der Waals surface area contributed by atoms with Crippen LogP contribution in [0, 0.1) is 0 Å². The van der Waals surface area contributed by atoms with E-state index < -0.39 is 18.4 Å². The maximum atomic E-state index is 12.5. The van der Waals surface area contributed by atoms with Gasteiger partial charge in [0.15, 0.2) is 5.78 Å². The van der Waals surface area contributed by atoms with Crippen LogP contribution in [0.4, 0.5) is 13.2 Å². The Labute approximate surface area is 119 Å². The van der Waals surface area contributed by atoms with Crippen LogP contribution in [-0.2, 0) is 0 Å². The summed E-state index contributed by atoms with van der Waals surface area (Å²) in [7, 11) is 0. The summed E-state index contributed by atoms with van der Waals surface area (Å²) in [4.78, 5) is 12.0. The average molecular weight is 288 g/mol. The minimum atomic E-state index is -4.50. The Bertz CT molecular complexity index is 834. The maximum Gasteiger partial charge on any atom is 0.396 e. The van der Waals surface area contributed by atoms with Crippen molar-refractivity contribution in [3.05, 3.63) is 60.2 Å². The van der Waals surface area contributed by atoms with E-state index in [0.29, 0.717) is 5.39 Å². The predicted molar refractivity (Wildman–Crippen MR) is 76.5 cm³/mol. The van der Waals surface area contributed by atoms with E-state index in [0.717, 1.165) is 16.2 Å². The van der Waals surface area contributed by atoms with Crippen molar-refractivity contribution < 1.29 is 18.0 Å². The third-order valence-corrected chi connectivity index (χ3v) is 3.43. The van der Waals surface area contributed by atoms with Crippen molar-refractivity contribution in [2.75, 3.05) is 0 Å². The van der Waals surface area contributed by atoms with Gasteiger partial charge >= 0.3 is 6.18 Å². The molecule has 0 atom stereocenters. The zero-order valence-electron chi connectivity index (χ0n) is 10.9. The van der Waals surface area contributed by atoms with Crippen molar-refractivity contribution in [3.63, 3.8) is 0 Å². The monoisotopic (exact) mass is 288 g/mol. The molecule has 0 aliphatic rings. The molecule has 0 spiro atoms. The highest BCUT2D eigenvalue weighted by atomic mass is 19.4. The number of alkyl halides is 3. The summed E-state index contributed by atoms with van der Waals surface area (Å²) in [6.07, 6.45) is -5.93. The summed E-state index contributed by atoms with van der Waals surface area (Å²) in [6.45, 7) is 0. The van der Waals surface area contributed by atoms with E-state index in [1.807, 2.05) is 24.3 Å². The lowest BCUT2D eigenvalue weighted by molar-refractivity contribution is -0.125. The van der Waals surface area contributed by atoms with Gasteiger partial charge in [0.1, 0.15) is 6.42 Å². The molecule has 106 valence electrons. The number of Topliss-reactive ketones (excluding diaryl/α,β-unsaturated/α-hetero) is 1. The van der Waals surface area contributed by atoms with E-state index in [4.69, 9.17) is 0 Å². The molecule has 0 N–H and O–H groups in total. The Morgan fingerprint density at radius 3 is 2.10 bits per heavy atom. The van der Waals surface area contributed by atoms with Gasteiger partial charge in [-0.05, 0) is 27.6 Å². The summed E-state index contributed by atoms with van der Waals surface area (Å²) in [6, 6.07) is 16.0. The molecule has 0 radical (unpaired) electrons. The van der Waals surface area contributed by atoms with E-state index >= 15 is 0 Å². The van der Waals surface area contributed by atoms with Crippen LogP contribution in [-0.4, -0.2) is 12.0 Å². The first-order valence-corrected chi connectivity index (χ1v) is 6.46. The molecule has 0 aliphatic heterocycles. The number of hydrogen-bond acceptors (Lipinski definition) is 1. The highest BCUT2D eigenvalue weighted by Crippen LogP contribution is 2.31. The molecule has 1 nitrogen and oxygen atoms in total. The van der Waals surface area contributed by atoms with Crippen molar-refractivity contribution >= 4 is 27.3 Å². The molecule has 0 aliphatic carbocycles. The van der Waals surface area contributed by atoms with Gasteiger partial charge in [-0.25, -0.2) is 0 Å². The van der Waals surface area contributed by atoms with Gasteiger partial charge in [0.25, 0.3) is 0 Å². The number of rotatable bonds is 2. The molecule has 0 amide bonds. The average Bonchev–Trinajstić information content (AvgIpc) is 2.44. The Hall–Kier alpha value is -2.36. The Kier molecular flexibility index (Phi) is 3.16. The highest BCUT2D eigenvalue weighted by molar-refractivity contribution is 6.17. The smallest absolute Gasteiger partial charge is 0.294 e. The molecule has 0 bridgehead atoms. The van der Waals surface area contributed by atoms with Crippen molar-refractivity contribution in [1.82, 2.24) is 0 Å². The molecule has 0 unspecified atom stereocenters. The van der Waals surface area contributed by atoms with E-state index in [1.165, 1.54) is 0 Å². The van der Waals surface area contributed by atoms with Crippen LogP contribution in [0.1, 0.15) is 16.8 Å². The van der Waals surface area contributed by atoms with E-state index in [9.17, 15) is 18.0 Å². The number of carbonyl (C=O) groups excluding carboxylic acids is 1. The third-order valence-electron chi connectivity index (χ3n) is 3.43. The van der Waals surface area contributed by atoms with Crippen LogP contribution in [0.3, 0.4) is 0 Å². The fourth-order valence-electron chi connectivity index (χ4n) is 2.56. The second-order valence-electron chi connectivity index (χ2n) is 4.91. The summed E-state index contributed by atoms with van der Waals surface area (Å²) >= 11 is 0. The molecule has 0 fully saturated rings. The van der Waals surface area contributed by atoms with Gasteiger partial charge in [-0.2, -0.15) is 13.2 Å². The molecular formula is C17H11F3O. The van der Waals surface area contributed by atoms with E-state index in [1.54, 1.807) is 30.3 Å². The van der Waals surface area contributed by atoms with Crippen LogP contribution >= 0.6 is 0 Å².